The first-order chi connectivity index (χ1) is 9.41. The van der Waals surface area contributed by atoms with Crippen molar-refractivity contribution in [3.8, 4) is 0 Å². The molecule has 2 rings (SSSR count). The van der Waals surface area contributed by atoms with E-state index in [0.717, 1.165) is 6.42 Å². The summed E-state index contributed by atoms with van der Waals surface area (Å²) in [6.07, 6.45) is 0.736. The van der Waals surface area contributed by atoms with Crippen LogP contribution in [0.5, 0.6) is 0 Å². The van der Waals surface area contributed by atoms with Crippen molar-refractivity contribution in [3.05, 3.63) is 29.3 Å². The van der Waals surface area contributed by atoms with E-state index in [1.165, 1.54) is 6.07 Å². The molecule has 0 spiro atoms. The summed E-state index contributed by atoms with van der Waals surface area (Å²) < 4.78 is 5.26. The minimum atomic E-state index is -1.07. The Labute approximate surface area is 117 Å². The molecule has 1 aliphatic rings. The van der Waals surface area contributed by atoms with Gasteiger partial charge in [-0.15, -0.1) is 0 Å². The van der Waals surface area contributed by atoms with E-state index in [0.29, 0.717) is 24.5 Å². The van der Waals surface area contributed by atoms with Crippen molar-refractivity contribution in [1.29, 1.82) is 0 Å². The highest BCUT2D eigenvalue weighted by atomic mass is 16.5. The number of benzene rings is 1. The van der Waals surface area contributed by atoms with Gasteiger partial charge < -0.3 is 20.5 Å². The Morgan fingerprint density at radius 3 is 2.75 bits per heavy atom. The Bertz CT molecular complexity index is 536. The highest BCUT2D eigenvalue weighted by Crippen LogP contribution is 2.22. The molecular formula is C14H18N2O4. The first kappa shape index (κ1) is 14.3. The lowest BCUT2D eigenvalue weighted by Crippen LogP contribution is -2.48. The van der Waals surface area contributed by atoms with E-state index in [-0.39, 0.29) is 5.56 Å². The van der Waals surface area contributed by atoms with Crippen LogP contribution in [0.4, 0.5) is 10.5 Å². The Morgan fingerprint density at radius 1 is 1.40 bits per heavy atom. The van der Waals surface area contributed by atoms with Crippen molar-refractivity contribution in [1.82, 2.24) is 5.32 Å². The van der Waals surface area contributed by atoms with Gasteiger partial charge in [0.15, 0.2) is 0 Å². The average Bonchev–Trinajstić information content (AvgIpc) is 2.77. The number of nitrogens with one attached hydrogen (secondary N) is 2. The van der Waals surface area contributed by atoms with E-state index in [4.69, 9.17) is 9.84 Å². The van der Waals surface area contributed by atoms with Gasteiger partial charge in [-0.2, -0.15) is 0 Å². The molecule has 1 unspecified atom stereocenters. The molecule has 1 aromatic carbocycles. The van der Waals surface area contributed by atoms with Crippen LogP contribution in [0.25, 0.3) is 0 Å². The van der Waals surface area contributed by atoms with Crippen LogP contribution < -0.4 is 10.6 Å². The van der Waals surface area contributed by atoms with E-state index < -0.39 is 17.5 Å². The lowest BCUT2D eigenvalue weighted by atomic mass is 10.0. The number of carbonyl (C=O) groups is 2. The van der Waals surface area contributed by atoms with Gasteiger partial charge in [-0.25, -0.2) is 9.59 Å². The minimum Gasteiger partial charge on any atom is -0.478 e. The molecule has 3 N–H and O–H groups in total. The van der Waals surface area contributed by atoms with Gasteiger partial charge >= 0.3 is 12.0 Å². The summed E-state index contributed by atoms with van der Waals surface area (Å²) >= 11 is 0. The lowest BCUT2D eigenvalue weighted by molar-refractivity contribution is 0.0698. The molecule has 6 nitrogen and oxygen atoms in total. The zero-order chi connectivity index (χ0) is 14.8. The molecule has 20 heavy (non-hydrogen) atoms. The fourth-order valence-electron chi connectivity index (χ4n) is 2.20. The number of aromatic carboxylic acids is 1. The van der Waals surface area contributed by atoms with Crippen LogP contribution in [0.2, 0.25) is 0 Å². The number of rotatable bonds is 3. The van der Waals surface area contributed by atoms with E-state index in [9.17, 15) is 9.59 Å². The van der Waals surface area contributed by atoms with Crippen molar-refractivity contribution < 1.29 is 19.4 Å². The quantitative estimate of drug-likeness (QED) is 0.789. The molecule has 1 saturated heterocycles. The fraction of sp³-hybridized carbons (Fsp3) is 0.429. The highest BCUT2D eigenvalue weighted by Gasteiger charge is 2.31. The molecule has 1 aromatic rings. The lowest BCUT2D eigenvalue weighted by Gasteiger charge is -2.24. The predicted molar refractivity (Wildman–Crippen MR) is 74.1 cm³/mol. The number of urea groups is 1. The first-order valence-electron chi connectivity index (χ1n) is 6.41. The number of ether oxygens (including phenoxy) is 1. The van der Waals surface area contributed by atoms with Crippen LogP contribution in [0.3, 0.4) is 0 Å². The standard InChI is InChI=1S/C14H18N2O4/c1-9-4-3-5-10(12(17)18)11(9)15-13(19)16-14(2)6-7-20-8-14/h3-5H,6-8H2,1-2H3,(H,17,18)(H2,15,16,19). The van der Waals surface area contributed by atoms with Gasteiger partial charge in [-0.1, -0.05) is 12.1 Å². The average molecular weight is 278 g/mol. The van der Waals surface area contributed by atoms with Gasteiger partial charge in [0.05, 0.1) is 23.4 Å². The van der Waals surface area contributed by atoms with Crippen LogP contribution in [0.1, 0.15) is 29.3 Å². The van der Waals surface area contributed by atoms with Gasteiger partial charge in [0.2, 0.25) is 0 Å². The van der Waals surface area contributed by atoms with Gasteiger partial charge in [-0.3, -0.25) is 0 Å². The SMILES string of the molecule is Cc1cccc(C(=O)O)c1NC(=O)NC1(C)CCOC1. The van der Waals surface area contributed by atoms with E-state index in [1.54, 1.807) is 19.1 Å². The summed E-state index contributed by atoms with van der Waals surface area (Å²) in [6, 6.07) is 4.44. The van der Waals surface area contributed by atoms with Gasteiger partial charge in [0.1, 0.15) is 0 Å². The summed E-state index contributed by atoms with van der Waals surface area (Å²) in [5.41, 5.74) is 0.691. The fourth-order valence-corrected chi connectivity index (χ4v) is 2.20. The summed E-state index contributed by atoms with van der Waals surface area (Å²) in [5, 5.41) is 14.6. The summed E-state index contributed by atoms with van der Waals surface area (Å²) in [4.78, 5) is 23.2. The molecule has 0 bridgehead atoms. The Morgan fingerprint density at radius 2 is 2.15 bits per heavy atom. The maximum absolute atomic E-state index is 12.0. The van der Waals surface area contributed by atoms with Crippen molar-refractivity contribution in [2.75, 3.05) is 18.5 Å². The number of hydrogen-bond acceptors (Lipinski definition) is 3. The maximum atomic E-state index is 12.0. The van der Waals surface area contributed by atoms with Crippen molar-refractivity contribution in [3.63, 3.8) is 0 Å². The Kier molecular flexibility index (Phi) is 3.94. The number of amides is 2. The van der Waals surface area contributed by atoms with E-state index in [1.807, 2.05) is 6.92 Å². The molecular weight excluding hydrogens is 260 g/mol. The largest absolute Gasteiger partial charge is 0.478 e. The molecule has 6 heteroatoms. The monoisotopic (exact) mass is 278 g/mol. The van der Waals surface area contributed by atoms with Crippen molar-refractivity contribution in [2.24, 2.45) is 0 Å². The molecule has 1 fully saturated rings. The highest BCUT2D eigenvalue weighted by molar-refractivity contribution is 6.01. The molecule has 108 valence electrons. The van der Waals surface area contributed by atoms with E-state index in [2.05, 4.69) is 10.6 Å². The zero-order valence-electron chi connectivity index (χ0n) is 11.5. The third-order valence-electron chi connectivity index (χ3n) is 3.38. The second kappa shape index (κ2) is 5.50. The van der Waals surface area contributed by atoms with Crippen LogP contribution in [-0.2, 0) is 4.74 Å². The van der Waals surface area contributed by atoms with E-state index >= 15 is 0 Å². The summed E-state index contributed by atoms with van der Waals surface area (Å²) in [5.74, 6) is -1.07. The normalized spacial score (nSPS) is 21.5. The minimum absolute atomic E-state index is 0.0768. The van der Waals surface area contributed by atoms with Crippen LogP contribution in [0.15, 0.2) is 18.2 Å². The van der Waals surface area contributed by atoms with Crippen LogP contribution in [0, 0.1) is 6.92 Å². The van der Waals surface area contributed by atoms with Crippen molar-refractivity contribution >= 4 is 17.7 Å². The number of para-hydroxylation sites is 1. The number of hydrogen-bond donors (Lipinski definition) is 3. The third-order valence-corrected chi connectivity index (χ3v) is 3.38. The number of aryl methyl sites for hydroxylation is 1. The number of carboxylic acid groups (broad SMARTS) is 1. The molecule has 1 heterocycles. The molecule has 0 radical (unpaired) electrons. The second-order valence-corrected chi connectivity index (χ2v) is 5.24. The molecule has 2 amide bonds. The van der Waals surface area contributed by atoms with Gasteiger partial charge in [-0.05, 0) is 31.9 Å². The molecule has 1 aliphatic heterocycles. The molecule has 0 saturated carbocycles. The number of carboxylic acids is 1. The summed E-state index contributed by atoms with van der Waals surface area (Å²) in [6.45, 7) is 4.72. The number of anilines is 1. The second-order valence-electron chi connectivity index (χ2n) is 5.24. The van der Waals surface area contributed by atoms with Crippen LogP contribution in [-0.4, -0.2) is 35.9 Å². The maximum Gasteiger partial charge on any atom is 0.337 e. The Hall–Kier alpha value is -2.08. The third kappa shape index (κ3) is 3.08. The summed E-state index contributed by atoms with van der Waals surface area (Å²) in [7, 11) is 0. The first-order valence-corrected chi connectivity index (χ1v) is 6.41. The van der Waals surface area contributed by atoms with Gasteiger partial charge in [0.25, 0.3) is 0 Å². The topological polar surface area (TPSA) is 87.7 Å². The Balaban J connectivity index is 2.13. The molecule has 0 aromatic heterocycles. The van der Waals surface area contributed by atoms with Crippen LogP contribution >= 0.6 is 0 Å². The number of carbonyl (C=O) groups excluding carboxylic acids is 1. The smallest absolute Gasteiger partial charge is 0.337 e. The molecule has 0 aliphatic carbocycles. The zero-order valence-corrected chi connectivity index (χ0v) is 11.5. The molecule has 1 atom stereocenters. The predicted octanol–water partition coefficient (Wildman–Crippen LogP) is 1.99. The van der Waals surface area contributed by atoms with Crippen molar-refractivity contribution in [2.45, 2.75) is 25.8 Å². The van der Waals surface area contributed by atoms with Gasteiger partial charge in [0, 0.05) is 6.61 Å².